The molecule has 1 aromatic heterocycles. The van der Waals surface area contributed by atoms with Crippen LogP contribution >= 0.6 is 0 Å². The Morgan fingerprint density at radius 1 is 0.778 bits per heavy atom. The molecule has 1 aromatic rings. The molecule has 0 N–H and O–H groups in total. The predicted molar refractivity (Wildman–Crippen MR) is 67.7 cm³/mol. The van der Waals surface area contributed by atoms with Crippen LogP contribution in [0.1, 0.15) is 11.4 Å². The van der Waals surface area contributed by atoms with Crippen LogP contribution in [0.4, 0.5) is 0 Å². The van der Waals surface area contributed by atoms with Gasteiger partial charge in [0.2, 0.25) is 0 Å². The lowest BCUT2D eigenvalue weighted by atomic mass is 10.2. The van der Waals surface area contributed by atoms with Crippen LogP contribution in [0.5, 0.6) is 0 Å². The minimum atomic E-state index is 0. The van der Waals surface area contributed by atoms with Crippen molar-refractivity contribution in [1.29, 1.82) is 0 Å². The SMILES string of the molecule is C[N+](C)(C)Cc1cccc(C[N+](C)(C)C)n1.[I-].[I-]. The van der Waals surface area contributed by atoms with Gasteiger partial charge in [0.15, 0.2) is 0 Å². The number of hydrogen-bond donors (Lipinski definition) is 0. The van der Waals surface area contributed by atoms with Crippen LogP contribution in [0, 0.1) is 0 Å². The van der Waals surface area contributed by atoms with Crippen LogP contribution < -0.4 is 48.0 Å². The second kappa shape index (κ2) is 7.96. The number of aromatic nitrogens is 1. The van der Waals surface area contributed by atoms with Crippen molar-refractivity contribution in [3.05, 3.63) is 29.6 Å². The molecule has 0 radical (unpaired) electrons. The molecule has 1 heterocycles. The molecule has 0 bridgehead atoms. The zero-order valence-corrected chi connectivity index (χ0v) is 16.6. The van der Waals surface area contributed by atoms with Crippen molar-refractivity contribution in [2.24, 2.45) is 0 Å². The molecule has 5 heteroatoms. The summed E-state index contributed by atoms with van der Waals surface area (Å²) < 4.78 is 1.83. The van der Waals surface area contributed by atoms with Gasteiger partial charge in [-0.15, -0.1) is 0 Å². The highest BCUT2D eigenvalue weighted by Gasteiger charge is 2.13. The second-order valence-corrected chi connectivity index (χ2v) is 6.52. The largest absolute Gasteiger partial charge is 1.00 e. The quantitative estimate of drug-likeness (QED) is 0.315. The molecular weight excluding hydrogens is 452 g/mol. The van der Waals surface area contributed by atoms with E-state index in [0.717, 1.165) is 22.1 Å². The van der Waals surface area contributed by atoms with Gasteiger partial charge < -0.3 is 56.9 Å². The number of hydrogen-bond acceptors (Lipinski definition) is 1. The Bertz CT molecular complexity index is 323. The van der Waals surface area contributed by atoms with Crippen LogP contribution in [0.2, 0.25) is 0 Å². The highest BCUT2D eigenvalue weighted by Crippen LogP contribution is 2.08. The first-order valence-corrected chi connectivity index (χ1v) is 5.71. The lowest BCUT2D eigenvalue weighted by Gasteiger charge is -2.25. The molecule has 0 spiro atoms. The van der Waals surface area contributed by atoms with Gasteiger partial charge in [-0.05, 0) is 12.1 Å². The number of quaternary nitrogens is 2. The molecular formula is C13H25I2N3. The third-order valence-corrected chi connectivity index (χ3v) is 2.14. The van der Waals surface area contributed by atoms with E-state index in [1.807, 2.05) is 0 Å². The van der Waals surface area contributed by atoms with Crippen molar-refractivity contribution in [2.45, 2.75) is 13.1 Å². The number of nitrogens with zero attached hydrogens (tertiary/aromatic N) is 3. The van der Waals surface area contributed by atoms with Gasteiger partial charge in [0.05, 0.1) is 53.7 Å². The Labute approximate surface area is 146 Å². The Hall–Kier alpha value is 0.530. The highest BCUT2D eigenvalue weighted by atomic mass is 127. The molecule has 1 rings (SSSR count). The van der Waals surface area contributed by atoms with Gasteiger partial charge >= 0.3 is 0 Å². The third kappa shape index (κ3) is 9.46. The summed E-state index contributed by atoms with van der Waals surface area (Å²) in [6.07, 6.45) is 0. The maximum atomic E-state index is 4.71. The van der Waals surface area contributed by atoms with Crippen molar-refractivity contribution >= 4 is 0 Å². The van der Waals surface area contributed by atoms with Crippen LogP contribution in [0.3, 0.4) is 0 Å². The summed E-state index contributed by atoms with van der Waals surface area (Å²) in [5.41, 5.74) is 2.36. The van der Waals surface area contributed by atoms with E-state index < -0.39 is 0 Å². The molecule has 18 heavy (non-hydrogen) atoms. The zero-order chi connectivity index (χ0) is 12.4. The van der Waals surface area contributed by atoms with Gasteiger partial charge in [-0.2, -0.15) is 0 Å². The van der Waals surface area contributed by atoms with Gasteiger partial charge in [-0.1, -0.05) is 6.07 Å². The normalized spacial score (nSPS) is 11.4. The minimum absolute atomic E-state index is 0. The van der Waals surface area contributed by atoms with Crippen molar-refractivity contribution < 1.29 is 56.9 Å². The number of rotatable bonds is 4. The Balaban J connectivity index is 0. The fraction of sp³-hybridized carbons (Fsp3) is 0.615. The average Bonchev–Trinajstić information content (AvgIpc) is 1.96. The predicted octanol–water partition coefficient (Wildman–Crippen LogP) is -4.50. The Morgan fingerprint density at radius 3 is 1.39 bits per heavy atom. The van der Waals surface area contributed by atoms with Crippen molar-refractivity contribution in [1.82, 2.24) is 4.98 Å². The number of halogens is 2. The van der Waals surface area contributed by atoms with E-state index >= 15 is 0 Å². The van der Waals surface area contributed by atoms with Gasteiger partial charge in [0.25, 0.3) is 0 Å². The summed E-state index contributed by atoms with van der Waals surface area (Å²) in [5.74, 6) is 0. The first kappa shape index (κ1) is 20.8. The molecule has 0 saturated carbocycles. The van der Waals surface area contributed by atoms with E-state index in [2.05, 4.69) is 60.5 Å². The molecule has 106 valence electrons. The van der Waals surface area contributed by atoms with Crippen LogP contribution in [-0.2, 0) is 13.1 Å². The summed E-state index contributed by atoms with van der Waals surface area (Å²) in [7, 11) is 13.1. The van der Waals surface area contributed by atoms with Crippen molar-refractivity contribution in [2.75, 3.05) is 42.3 Å². The van der Waals surface area contributed by atoms with Gasteiger partial charge in [0.1, 0.15) is 13.1 Å². The van der Waals surface area contributed by atoms with E-state index in [-0.39, 0.29) is 48.0 Å². The summed E-state index contributed by atoms with van der Waals surface area (Å²) in [6, 6.07) is 6.34. The third-order valence-electron chi connectivity index (χ3n) is 2.14. The first-order chi connectivity index (χ1) is 7.16. The number of pyridine rings is 1. The van der Waals surface area contributed by atoms with Crippen LogP contribution in [0.25, 0.3) is 0 Å². The summed E-state index contributed by atoms with van der Waals surface area (Å²) in [4.78, 5) is 4.71. The maximum Gasteiger partial charge on any atom is 0.121 e. The molecule has 0 aliphatic heterocycles. The molecule has 0 saturated heterocycles. The lowest BCUT2D eigenvalue weighted by Crippen LogP contribution is -3.00. The Kier molecular flexibility index (Phi) is 9.22. The summed E-state index contributed by atoms with van der Waals surface area (Å²) in [6.45, 7) is 1.95. The van der Waals surface area contributed by atoms with Gasteiger partial charge in [0, 0.05) is 0 Å². The summed E-state index contributed by atoms with van der Waals surface area (Å²) in [5, 5.41) is 0. The molecule has 0 aliphatic carbocycles. The molecule has 0 fully saturated rings. The monoisotopic (exact) mass is 477 g/mol. The molecule has 3 nitrogen and oxygen atoms in total. The fourth-order valence-electron chi connectivity index (χ4n) is 1.68. The zero-order valence-electron chi connectivity index (χ0n) is 12.2. The van der Waals surface area contributed by atoms with Gasteiger partial charge in [-0.25, -0.2) is 4.98 Å². The molecule has 0 amide bonds. The van der Waals surface area contributed by atoms with Crippen molar-refractivity contribution in [3.8, 4) is 0 Å². The Morgan fingerprint density at radius 2 is 1.11 bits per heavy atom. The topological polar surface area (TPSA) is 12.9 Å². The summed E-state index contributed by atoms with van der Waals surface area (Å²) >= 11 is 0. The maximum absolute atomic E-state index is 4.71. The van der Waals surface area contributed by atoms with Crippen LogP contribution in [0.15, 0.2) is 18.2 Å². The average molecular weight is 477 g/mol. The molecule has 0 aromatic carbocycles. The molecule has 0 aliphatic rings. The van der Waals surface area contributed by atoms with Crippen LogP contribution in [-0.4, -0.2) is 56.2 Å². The van der Waals surface area contributed by atoms with E-state index in [9.17, 15) is 0 Å². The lowest BCUT2D eigenvalue weighted by molar-refractivity contribution is -0.885. The highest BCUT2D eigenvalue weighted by molar-refractivity contribution is 5.09. The standard InChI is InChI=1S/C13H25N3.2HI/c1-15(2,3)10-12-8-7-9-13(14-12)11-16(4,5)6;;/h7-9H,10-11H2,1-6H3;2*1H/q+2;;/p-2. The van der Waals surface area contributed by atoms with E-state index in [1.165, 1.54) is 11.4 Å². The molecule has 0 unspecified atom stereocenters. The second-order valence-electron chi connectivity index (χ2n) is 6.52. The fourth-order valence-corrected chi connectivity index (χ4v) is 1.68. The van der Waals surface area contributed by atoms with Crippen molar-refractivity contribution in [3.63, 3.8) is 0 Å². The van der Waals surface area contributed by atoms with Gasteiger partial charge in [-0.3, -0.25) is 0 Å². The minimum Gasteiger partial charge on any atom is -1.00 e. The first-order valence-electron chi connectivity index (χ1n) is 5.71. The molecule has 0 atom stereocenters. The smallest absolute Gasteiger partial charge is 0.121 e. The van der Waals surface area contributed by atoms with E-state index in [1.54, 1.807) is 0 Å². The van der Waals surface area contributed by atoms with E-state index in [0.29, 0.717) is 0 Å². The van der Waals surface area contributed by atoms with E-state index in [4.69, 9.17) is 4.98 Å².